The predicted molar refractivity (Wildman–Crippen MR) is 114 cm³/mol. The lowest BCUT2D eigenvalue weighted by Crippen LogP contribution is -2.31. The first kappa shape index (κ1) is 20.4. The van der Waals surface area contributed by atoms with Gasteiger partial charge in [-0.15, -0.1) is 0 Å². The van der Waals surface area contributed by atoms with Gasteiger partial charge in [-0.25, -0.2) is 0 Å². The molecular weight excluding hydrogens is 406 g/mol. The van der Waals surface area contributed by atoms with Crippen LogP contribution in [0.5, 0.6) is 5.75 Å². The molecule has 6 nitrogen and oxygen atoms in total. The van der Waals surface area contributed by atoms with Gasteiger partial charge in [0.15, 0.2) is 5.43 Å². The molecule has 0 bridgehead atoms. The summed E-state index contributed by atoms with van der Waals surface area (Å²) >= 11 is 6.09. The zero-order chi connectivity index (χ0) is 21.3. The molecule has 1 amide bonds. The number of hydrogen-bond acceptors (Lipinski definition) is 5. The van der Waals surface area contributed by atoms with Crippen molar-refractivity contribution < 1.29 is 19.1 Å². The molecule has 0 fully saturated rings. The summed E-state index contributed by atoms with van der Waals surface area (Å²) in [4.78, 5) is 28.1. The molecule has 0 radical (unpaired) electrons. The van der Waals surface area contributed by atoms with Crippen LogP contribution >= 0.6 is 11.6 Å². The number of ether oxygens (including phenoxy) is 1. The van der Waals surface area contributed by atoms with Crippen molar-refractivity contribution in [2.24, 2.45) is 0 Å². The van der Waals surface area contributed by atoms with Crippen LogP contribution in [0.1, 0.15) is 47.5 Å². The fourth-order valence-corrected chi connectivity index (χ4v) is 3.98. The number of hydrogen-bond donors (Lipinski definition) is 1. The van der Waals surface area contributed by atoms with Gasteiger partial charge in [0.25, 0.3) is 5.91 Å². The van der Waals surface area contributed by atoms with E-state index in [9.17, 15) is 14.7 Å². The van der Waals surface area contributed by atoms with Crippen molar-refractivity contribution >= 4 is 28.5 Å². The Kier molecular flexibility index (Phi) is 5.79. The number of amides is 1. The third-order valence-corrected chi connectivity index (χ3v) is 5.37. The highest BCUT2D eigenvalue weighted by Crippen LogP contribution is 2.39. The maximum Gasteiger partial charge on any atom is 0.290 e. The second-order valence-electron chi connectivity index (χ2n) is 7.21. The Bertz CT molecular complexity index is 1160. The fourth-order valence-electron chi connectivity index (χ4n) is 3.81. The summed E-state index contributed by atoms with van der Waals surface area (Å²) in [5.74, 6) is 0.348. The van der Waals surface area contributed by atoms with Crippen molar-refractivity contribution in [1.29, 1.82) is 0 Å². The lowest BCUT2D eigenvalue weighted by atomic mass is 9.98. The van der Waals surface area contributed by atoms with Crippen molar-refractivity contribution in [3.05, 3.63) is 74.6 Å². The van der Waals surface area contributed by atoms with E-state index < -0.39 is 6.04 Å². The third kappa shape index (κ3) is 3.57. The molecule has 3 aromatic rings. The van der Waals surface area contributed by atoms with E-state index in [1.54, 1.807) is 23.1 Å². The Balaban J connectivity index is 1.90. The highest BCUT2D eigenvalue weighted by Gasteiger charge is 2.42. The molecule has 1 aliphatic heterocycles. The number of nitrogens with zero attached hydrogens (tertiary/aromatic N) is 1. The van der Waals surface area contributed by atoms with Crippen LogP contribution in [0.2, 0.25) is 5.02 Å². The summed E-state index contributed by atoms with van der Waals surface area (Å²) in [5.41, 5.74) is 1.08. The molecule has 156 valence electrons. The van der Waals surface area contributed by atoms with Crippen LogP contribution in [-0.2, 0) is 0 Å². The van der Waals surface area contributed by atoms with Gasteiger partial charge in [0, 0.05) is 18.2 Å². The molecule has 0 aliphatic carbocycles. The topological polar surface area (TPSA) is 80.0 Å². The Morgan fingerprint density at radius 3 is 2.80 bits per heavy atom. The summed E-state index contributed by atoms with van der Waals surface area (Å²) in [6.45, 7) is 2.82. The van der Waals surface area contributed by atoms with Crippen LogP contribution in [0.15, 0.2) is 51.7 Å². The first-order valence-electron chi connectivity index (χ1n) is 9.96. The van der Waals surface area contributed by atoms with E-state index in [4.69, 9.17) is 20.8 Å². The van der Waals surface area contributed by atoms with E-state index >= 15 is 0 Å². The molecular formula is C23H22ClNO5. The minimum atomic E-state index is -0.621. The number of benzene rings is 2. The second-order valence-corrected chi connectivity index (χ2v) is 7.65. The van der Waals surface area contributed by atoms with Gasteiger partial charge in [-0.05, 0) is 48.7 Å². The van der Waals surface area contributed by atoms with E-state index in [1.807, 2.05) is 31.2 Å². The molecule has 0 saturated heterocycles. The number of rotatable bonds is 7. The lowest BCUT2D eigenvalue weighted by molar-refractivity contribution is 0.0716. The lowest BCUT2D eigenvalue weighted by Gasteiger charge is -2.25. The second kappa shape index (κ2) is 8.50. The monoisotopic (exact) mass is 427 g/mol. The van der Waals surface area contributed by atoms with E-state index in [-0.39, 0.29) is 23.7 Å². The molecule has 4 rings (SSSR count). The number of aliphatic hydroxyl groups is 1. The van der Waals surface area contributed by atoms with Crippen LogP contribution < -0.4 is 10.2 Å². The smallest absolute Gasteiger partial charge is 0.290 e. The summed E-state index contributed by atoms with van der Waals surface area (Å²) in [6, 6.07) is 11.5. The molecule has 7 heteroatoms. The Hall–Kier alpha value is -2.83. The zero-order valence-electron chi connectivity index (χ0n) is 16.6. The largest absolute Gasteiger partial charge is 0.494 e. The fraction of sp³-hybridized carbons (Fsp3) is 0.304. The van der Waals surface area contributed by atoms with E-state index in [1.165, 1.54) is 0 Å². The van der Waals surface area contributed by atoms with Crippen LogP contribution in [0.25, 0.3) is 11.0 Å². The van der Waals surface area contributed by atoms with Gasteiger partial charge < -0.3 is 19.2 Å². The number of carbonyl (C=O) groups is 1. The van der Waals surface area contributed by atoms with E-state index in [0.717, 1.165) is 12.0 Å². The first-order valence-corrected chi connectivity index (χ1v) is 10.3. The van der Waals surface area contributed by atoms with Gasteiger partial charge in [0.1, 0.15) is 11.3 Å². The maximum absolute atomic E-state index is 13.4. The third-order valence-electron chi connectivity index (χ3n) is 5.13. The molecule has 2 heterocycles. The number of aliphatic hydroxyl groups excluding tert-OH is 1. The molecule has 1 atom stereocenters. The molecule has 30 heavy (non-hydrogen) atoms. The highest BCUT2D eigenvalue weighted by atomic mass is 35.5. The molecule has 1 aliphatic rings. The van der Waals surface area contributed by atoms with Crippen molar-refractivity contribution in [3.8, 4) is 5.75 Å². The van der Waals surface area contributed by atoms with Crippen molar-refractivity contribution in [2.45, 2.75) is 25.8 Å². The Morgan fingerprint density at radius 1 is 1.20 bits per heavy atom. The number of halogens is 1. The highest BCUT2D eigenvalue weighted by molar-refractivity contribution is 6.31. The first-order chi connectivity index (χ1) is 14.5. The molecule has 0 saturated carbocycles. The zero-order valence-corrected chi connectivity index (χ0v) is 17.3. The molecule has 1 N–H and O–H groups in total. The van der Waals surface area contributed by atoms with Gasteiger partial charge in [0.05, 0.1) is 23.6 Å². The van der Waals surface area contributed by atoms with Crippen molar-refractivity contribution in [3.63, 3.8) is 0 Å². The van der Waals surface area contributed by atoms with Crippen LogP contribution in [0, 0.1) is 0 Å². The van der Waals surface area contributed by atoms with Gasteiger partial charge in [0.2, 0.25) is 5.76 Å². The van der Waals surface area contributed by atoms with Crippen LogP contribution in [0.4, 0.5) is 0 Å². The van der Waals surface area contributed by atoms with Gasteiger partial charge in [-0.2, -0.15) is 0 Å². The summed E-state index contributed by atoms with van der Waals surface area (Å²) < 4.78 is 11.6. The number of fused-ring (bicyclic) bond motifs is 2. The SMILES string of the molecule is CCCOc1cccc(C2c3c(oc4ccc(Cl)cc4c3=O)C(=O)N2CCCO)c1. The average molecular weight is 428 g/mol. The Labute approximate surface area is 178 Å². The van der Waals surface area contributed by atoms with Gasteiger partial charge >= 0.3 is 0 Å². The minimum absolute atomic E-state index is 0.0395. The number of carbonyl (C=O) groups excluding carboxylic acids is 1. The average Bonchev–Trinajstić information content (AvgIpc) is 3.03. The molecule has 0 spiro atoms. The quantitative estimate of drug-likeness (QED) is 0.612. The van der Waals surface area contributed by atoms with Gasteiger partial charge in [-0.3, -0.25) is 9.59 Å². The summed E-state index contributed by atoms with van der Waals surface area (Å²) in [7, 11) is 0. The molecule has 2 aromatic carbocycles. The molecule has 1 unspecified atom stereocenters. The van der Waals surface area contributed by atoms with E-state index in [2.05, 4.69) is 0 Å². The van der Waals surface area contributed by atoms with Crippen LogP contribution in [-0.4, -0.2) is 35.7 Å². The van der Waals surface area contributed by atoms with Crippen molar-refractivity contribution in [2.75, 3.05) is 19.8 Å². The maximum atomic E-state index is 13.4. The van der Waals surface area contributed by atoms with Crippen molar-refractivity contribution in [1.82, 2.24) is 4.90 Å². The summed E-state index contributed by atoms with van der Waals surface area (Å²) in [6.07, 6.45) is 1.26. The predicted octanol–water partition coefficient (Wildman–Crippen LogP) is 4.16. The summed E-state index contributed by atoms with van der Waals surface area (Å²) in [5, 5.41) is 10.1. The van der Waals surface area contributed by atoms with Crippen LogP contribution in [0.3, 0.4) is 0 Å². The standard InChI is InChI=1S/C23H22ClNO5/c1-2-11-29-16-6-3-5-14(12-16)20-19-21(27)17-13-15(24)7-8-18(17)30-22(19)23(28)25(20)9-4-10-26/h3,5-8,12-13,20,26H,2,4,9-11H2,1H3. The molecule has 1 aromatic heterocycles. The van der Waals surface area contributed by atoms with Gasteiger partial charge in [-0.1, -0.05) is 30.7 Å². The Morgan fingerprint density at radius 2 is 2.03 bits per heavy atom. The normalized spacial score (nSPS) is 15.6. The minimum Gasteiger partial charge on any atom is -0.494 e. The van der Waals surface area contributed by atoms with E-state index in [0.29, 0.717) is 46.9 Å².